The number of carbonyl (C=O) groups excluding carboxylic acids is 3. The van der Waals surface area contributed by atoms with Gasteiger partial charge in [0.2, 0.25) is 0 Å². The fraction of sp³-hybridized carbons (Fsp3) is 0.325. The molecular weight excluding hydrogens is 720 g/mol. The summed E-state index contributed by atoms with van der Waals surface area (Å²) in [5, 5.41) is 9.16. The average Bonchev–Trinajstić information content (AvgIpc) is 3.08. The highest BCUT2D eigenvalue weighted by atomic mass is 79.9. The lowest BCUT2D eigenvalue weighted by molar-refractivity contribution is -0.120. The van der Waals surface area contributed by atoms with E-state index < -0.39 is 0 Å². The Morgan fingerprint density at radius 1 is 0.809 bits per heavy atom. The van der Waals surface area contributed by atoms with Crippen molar-refractivity contribution in [3.8, 4) is 11.5 Å². The smallest absolute Gasteiger partial charge is 0.170 e. The summed E-state index contributed by atoms with van der Waals surface area (Å²) in [5.74, 6) is 2.25. The van der Waals surface area contributed by atoms with Crippen molar-refractivity contribution in [1.29, 1.82) is 0 Å². The van der Waals surface area contributed by atoms with Crippen molar-refractivity contribution in [3.05, 3.63) is 128 Å². The van der Waals surface area contributed by atoms with E-state index in [1.165, 1.54) is 37.0 Å². The molecule has 244 valence electrons. The molecule has 0 bridgehead atoms. The molecule has 4 aromatic rings. The van der Waals surface area contributed by atoms with Crippen molar-refractivity contribution in [3.63, 3.8) is 0 Å². The normalized spacial score (nSPS) is 21.7. The van der Waals surface area contributed by atoms with Gasteiger partial charge in [-0.05, 0) is 105 Å². The molecule has 1 heterocycles. The number of benzene rings is 4. The van der Waals surface area contributed by atoms with Gasteiger partial charge in [0.1, 0.15) is 22.9 Å². The minimum absolute atomic E-state index is 0.0284. The third kappa shape index (κ3) is 9.29. The Morgan fingerprint density at radius 2 is 1.43 bits per heavy atom. The van der Waals surface area contributed by atoms with Crippen LogP contribution in [-0.4, -0.2) is 28.1 Å². The number of ether oxygens (including phenoxy) is 1. The van der Waals surface area contributed by atoms with Gasteiger partial charge in [0, 0.05) is 21.8 Å². The minimum atomic E-state index is -0.323. The molecule has 0 radical (unpaired) electrons. The lowest BCUT2D eigenvalue weighted by Gasteiger charge is -2.43. The van der Waals surface area contributed by atoms with E-state index >= 15 is 0 Å². The van der Waals surface area contributed by atoms with Crippen LogP contribution in [-0.2, 0) is 4.79 Å². The van der Waals surface area contributed by atoms with E-state index in [4.69, 9.17) is 9.84 Å². The predicted octanol–water partition coefficient (Wildman–Crippen LogP) is 10.8. The summed E-state index contributed by atoms with van der Waals surface area (Å²) < 4.78 is 8.11. The molecule has 47 heavy (non-hydrogen) atoms. The molecule has 0 saturated heterocycles. The number of phenols is 1. The van der Waals surface area contributed by atoms with Crippen LogP contribution in [0, 0.1) is 0 Å². The van der Waals surface area contributed by atoms with Gasteiger partial charge in [-0.3, -0.25) is 14.4 Å². The van der Waals surface area contributed by atoms with Gasteiger partial charge in [-0.25, -0.2) is 0 Å². The Morgan fingerprint density at radius 3 is 2.06 bits per heavy atom. The molecule has 4 aromatic carbocycles. The van der Waals surface area contributed by atoms with E-state index in [0.29, 0.717) is 35.2 Å². The number of aromatic hydroxyl groups is 1. The maximum atomic E-state index is 12.7. The number of carbonyl (C=O) groups is 3. The van der Waals surface area contributed by atoms with Crippen LogP contribution in [0.5, 0.6) is 11.5 Å². The molecule has 7 rings (SSSR count). The number of fused-ring (bicyclic) bond motifs is 1. The molecule has 3 aliphatic rings. The highest BCUT2D eigenvalue weighted by Gasteiger charge is 2.44. The second kappa shape index (κ2) is 16.0. The molecule has 2 aliphatic carbocycles. The molecule has 1 spiro atoms. The first-order chi connectivity index (χ1) is 22.6. The molecule has 0 aromatic heterocycles. The van der Waals surface area contributed by atoms with Crippen molar-refractivity contribution in [2.45, 2.75) is 82.1 Å². The fourth-order valence-electron chi connectivity index (χ4n) is 6.88. The molecule has 7 heteroatoms. The molecule has 5 nitrogen and oxygen atoms in total. The molecule has 3 atom stereocenters. The summed E-state index contributed by atoms with van der Waals surface area (Å²) in [6, 6.07) is 31.5. The van der Waals surface area contributed by atoms with Crippen molar-refractivity contribution >= 4 is 49.2 Å². The Kier molecular flexibility index (Phi) is 11.9. The van der Waals surface area contributed by atoms with Gasteiger partial charge in [-0.15, -0.1) is 0 Å². The van der Waals surface area contributed by atoms with Gasteiger partial charge in [0.15, 0.2) is 11.6 Å². The zero-order valence-corrected chi connectivity index (χ0v) is 29.8. The van der Waals surface area contributed by atoms with Crippen LogP contribution < -0.4 is 4.74 Å². The quantitative estimate of drug-likeness (QED) is 0.210. The Balaban J connectivity index is 0.000000153. The SMILES string of the molecule is CC(=O)c1cc(Br)ccc1O.O=C1CC2(CCCC(c3ccccc3)C2)Oc2ccc(Br)cc21.O=C1CCCC(c2ccccc2)C1. The first-order valence-electron chi connectivity index (χ1n) is 16.3. The zero-order chi connectivity index (χ0) is 33.4. The largest absolute Gasteiger partial charge is 0.507 e. The first-order valence-corrected chi connectivity index (χ1v) is 17.8. The summed E-state index contributed by atoms with van der Waals surface area (Å²) >= 11 is 6.64. The summed E-state index contributed by atoms with van der Waals surface area (Å²) in [5.41, 5.74) is 3.43. The maximum absolute atomic E-state index is 12.7. The third-order valence-corrected chi connectivity index (χ3v) is 10.2. The lowest BCUT2D eigenvalue weighted by Crippen LogP contribution is -2.45. The van der Waals surface area contributed by atoms with Crippen molar-refractivity contribution in [1.82, 2.24) is 0 Å². The molecular formula is C40H40Br2O5. The second-order valence-electron chi connectivity index (χ2n) is 12.7. The fourth-order valence-corrected chi connectivity index (χ4v) is 7.60. The molecule has 0 amide bonds. The summed E-state index contributed by atoms with van der Waals surface area (Å²) in [4.78, 5) is 34.7. The zero-order valence-electron chi connectivity index (χ0n) is 26.6. The summed E-state index contributed by atoms with van der Waals surface area (Å²) in [6.07, 6.45) is 8.48. The second-order valence-corrected chi connectivity index (χ2v) is 14.5. The minimum Gasteiger partial charge on any atom is -0.507 e. The number of hydrogen-bond donors (Lipinski definition) is 1. The molecule has 2 fully saturated rings. The third-order valence-electron chi connectivity index (χ3n) is 9.22. The van der Waals surface area contributed by atoms with Crippen LogP contribution in [0.2, 0.25) is 0 Å². The number of rotatable bonds is 3. The van der Waals surface area contributed by atoms with Crippen LogP contribution >= 0.6 is 31.9 Å². The van der Waals surface area contributed by atoms with E-state index in [0.717, 1.165) is 53.2 Å². The molecule has 1 aliphatic heterocycles. The number of hydrogen-bond acceptors (Lipinski definition) is 5. The number of halogens is 2. The van der Waals surface area contributed by atoms with Gasteiger partial charge >= 0.3 is 0 Å². The molecule has 2 saturated carbocycles. The monoisotopic (exact) mass is 758 g/mol. The van der Waals surface area contributed by atoms with Crippen molar-refractivity contribution < 1.29 is 24.2 Å². The molecule has 1 N–H and O–H groups in total. The van der Waals surface area contributed by atoms with E-state index in [1.54, 1.807) is 12.1 Å². The predicted molar refractivity (Wildman–Crippen MR) is 193 cm³/mol. The maximum Gasteiger partial charge on any atom is 0.170 e. The van der Waals surface area contributed by atoms with Crippen LogP contribution in [0.25, 0.3) is 0 Å². The van der Waals surface area contributed by atoms with Gasteiger partial charge in [0.05, 0.1) is 17.5 Å². The van der Waals surface area contributed by atoms with Crippen LogP contribution in [0.1, 0.15) is 108 Å². The van der Waals surface area contributed by atoms with Gasteiger partial charge < -0.3 is 9.84 Å². The Labute approximate surface area is 294 Å². The van der Waals surface area contributed by atoms with Crippen molar-refractivity contribution in [2.75, 3.05) is 0 Å². The highest BCUT2D eigenvalue weighted by Crippen LogP contribution is 2.47. The lowest BCUT2D eigenvalue weighted by atomic mass is 9.71. The van der Waals surface area contributed by atoms with E-state index in [1.807, 2.05) is 24.3 Å². The van der Waals surface area contributed by atoms with Gasteiger partial charge in [-0.2, -0.15) is 0 Å². The van der Waals surface area contributed by atoms with Crippen LogP contribution in [0.15, 0.2) is 106 Å². The van der Waals surface area contributed by atoms with Crippen LogP contribution in [0.3, 0.4) is 0 Å². The highest BCUT2D eigenvalue weighted by molar-refractivity contribution is 9.10. The first kappa shape index (κ1) is 34.8. The van der Waals surface area contributed by atoms with Crippen molar-refractivity contribution in [2.24, 2.45) is 0 Å². The van der Waals surface area contributed by atoms with Crippen LogP contribution in [0.4, 0.5) is 0 Å². The van der Waals surface area contributed by atoms with E-state index in [9.17, 15) is 14.4 Å². The van der Waals surface area contributed by atoms with Gasteiger partial charge in [-0.1, -0.05) is 92.5 Å². The standard InChI is InChI=1S/C20H19BrO2.C12H14O.C8H7BrO2/c21-16-8-9-19-17(11-16)18(22)13-20(23-19)10-4-7-15(12-20)14-5-2-1-3-6-14;13-12-8-4-7-11(9-12)10-5-2-1-3-6-10;1-5(10)7-4-6(9)2-3-8(7)11/h1-3,5-6,8-9,11,15H,4,7,10,12-13H2;1-3,5-6,11H,4,7-9H2;2-4,11H,1H3. The Bertz CT molecular complexity index is 1700. The summed E-state index contributed by atoms with van der Waals surface area (Å²) in [7, 11) is 0. The van der Waals surface area contributed by atoms with E-state index in [2.05, 4.69) is 86.5 Å². The number of ketones is 3. The topological polar surface area (TPSA) is 80.7 Å². The average molecular weight is 761 g/mol. The molecule has 3 unspecified atom stereocenters. The number of Topliss-reactive ketones (excluding diaryl/α,β-unsaturated/α-hetero) is 3. The van der Waals surface area contributed by atoms with Gasteiger partial charge in [0.25, 0.3) is 0 Å². The van der Waals surface area contributed by atoms with E-state index in [-0.39, 0.29) is 22.9 Å². The number of phenolic OH excluding ortho intramolecular Hbond substituents is 1. The Hall–Kier alpha value is -3.55. The summed E-state index contributed by atoms with van der Waals surface area (Å²) in [6.45, 7) is 1.42.